The highest BCUT2D eigenvalue weighted by Crippen LogP contribution is 2.32. The molecule has 0 unspecified atom stereocenters. The fourth-order valence-electron chi connectivity index (χ4n) is 2.17. The predicted molar refractivity (Wildman–Crippen MR) is 88.0 cm³/mol. The van der Waals surface area contributed by atoms with Gasteiger partial charge in [-0.1, -0.05) is 0 Å². The second-order valence-electron chi connectivity index (χ2n) is 5.95. The van der Waals surface area contributed by atoms with E-state index in [9.17, 15) is 0 Å². The molecular formula is C15H23N3O2S. The second-order valence-corrected chi connectivity index (χ2v) is 6.33. The van der Waals surface area contributed by atoms with Gasteiger partial charge in [0.05, 0.1) is 25.3 Å². The molecular weight excluding hydrogens is 286 g/mol. The maximum absolute atomic E-state index is 5.47. The number of imidazole rings is 1. The molecule has 6 heteroatoms. The normalized spacial score (nSPS) is 12.1. The maximum Gasteiger partial charge on any atom is 0.178 e. The van der Waals surface area contributed by atoms with Crippen LogP contribution in [0.4, 0.5) is 0 Å². The average molecular weight is 309 g/mol. The number of benzene rings is 1. The smallest absolute Gasteiger partial charge is 0.178 e. The van der Waals surface area contributed by atoms with Gasteiger partial charge in [0.1, 0.15) is 0 Å². The Labute approximate surface area is 130 Å². The molecule has 0 aliphatic rings. The zero-order valence-electron chi connectivity index (χ0n) is 13.5. The van der Waals surface area contributed by atoms with E-state index in [-0.39, 0.29) is 5.54 Å². The standard InChI is InChI=1S/C15H23N3O2S/c1-15(2,17(3)4)9-18-11-8-13(20-6)12(19-5)7-10(11)16-14(18)21/h7-8H,9H2,1-6H3,(H,16,21). The highest BCUT2D eigenvalue weighted by molar-refractivity contribution is 7.71. The van der Waals surface area contributed by atoms with E-state index in [4.69, 9.17) is 21.7 Å². The molecule has 0 aliphatic carbocycles. The van der Waals surface area contributed by atoms with E-state index < -0.39 is 0 Å². The van der Waals surface area contributed by atoms with Crippen molar-refractivity contribution in [2.45, 2.75) is 25.9 Å². The van der Waals surface area contributed by atoms with Gasteiger partial charge in [0.25, 0.3) is 0 Å². The van der Waals surface area contributed by atoms with Crippen molar-refractivity contribution in [3.8, 4) is 11.5 Å². The summed E-state index contributed by atoms with van der Waals surface area (Å²) in [4.78, 5) is 5.43. The number of nitrogens with zero attached hydrogens (tertiary/aromatic N) is 2. The molecule has 0 saturated heterocycles. The first-order valence-electron chi connectivity index (χ1n) is 6.82. The lowest BCUT2D eigenvalue weighted by atomic mass is 10.0. The molecule has 2 rings (SSSR count). The number of hydrogen-bond acceptors (Lipinski definition) is 4. The van der Waals surface area contributed by atoms with Crippen LogP contribution in [-0.4, -0.2) is 48.3 Å². The molecule has 1 aromatic heterocycles. The molecule has 0 saturated carbocycles. The number of aromatic nitrogens is 2. The Balaban J connectivity index is 2.59. The Morgan fingerprint density at radius 2 is 1.76 bits per heavy atom. The van der Waals surface area contributed by atoms with Crippen molar-refractivity contribution in [3.05, 3.63) is 16.9 Å². The Bertz CT molecular complexity index is 701. The highest BCUT2D eigenvalue weighted by atomic mass is 32.1. The average Bonchev–Trinajstić information content (AvgIpc) is 2.72. The number of H-pyrrole nitrogens is 1. The molecule has 1 N–H and O–H groups in total. The first-order valence-corrected chi connectivity index (χ1v) is 7.23. The lowest BCUT2D eigenvalue weighted by Gasteiger charge is -2.33. The van der Waals surface area contributed by atoms with Gasteiger partial charge in [-0.2, -0.15) is 0 Å². The summed E-state index contributed by atoms with van der Waals surface area (Å²) in [6.45, 7) is 5.16. The number of ether oxygens (including phenoxy) is 2. The number of nitrogens with one attached hydrogen (secondary N) is 1. The summed E-state index contributed by atoms with van der Waals surface area (Å²) < 4.78 is 13.5. The quantitative estimate of drug-likeness (QED) is 0.862. The van der Waals surface area contributed by atoms with E-state index in [1.165, 1.54) is 0 Å². The van der Waals surface area contributed by atoms with E-state index in [1.807, 2.05) is 12.1 Å². The fraction of sp³-hybridized carbons (Fsp3) is 0.533. The molecule has 0 bridgehead atoms. The van der Waals surface area contributed by atoms with Gasteiger partial charge in [-0.3, -0.25) is 0 Å². The van der Waals surface area contributed by atoms with Gasteiger partial charge < -0.3 is 23.9 Å². The number of likely N-dealkylation sites (N-methyl/N-ethyl adjacent to an activating group) is 1. The Morgan fingerprint density at radius 3 is 2.29 bits per heavy atom. The summed E-state index contributed by atoms with van der Waals surface area (Å²) in [6, 6.07) is 3.88. The van der Waals surface area contributed by atoms with Gasteiger partial charge in [0, 0.05) is 24.2 Å². The summed E-state index contributed by atoms with van der Waals surface area (Å²) in [5.41, 5.74) is 1.96. The topological polar surface area (TPSA) is 42.4 Å². The van der Waals surface area contributed by atoms with Gasteiger partial charge in [0.15, 0.2) is 16.3 Å². The molecule has 0 aliphatic heterocycles. The number of rotatable bonds is 5. The molecule has 21 heavy (non-hydrogen) atoms. The van der Waals surface area contributed by atoms with E-state index >= 15 is 0 Å². The van der Waals surface area contributed by atoms with Crippen molar-refractivity contribution in [2.24, 2.45) is 0 Å². The van der Waals surface area contributed by atoms with Crippen LogP contribution in [0.5, 0.6) is 11.5 Å². The van der Waals surface area contributed by atoms with Gasteiger partial charge >= 0.3 is 0 Å². The monoisotopic (exact) mass is 309 g/mol. The molecule has 0 spiro atoms. The van der Waals surface area contributed by atoms with Crippen molar-refractivity contribution in [1.29, 1.82) is 0 Å². The summed E-state index contributed by atoms with van der Waals surface area (Å²) >= 11 is 5.47. The van der Waals surface area contributed by atoms with Crippen LogP contribution < -0.4 is 9.47 Å². The van der Waals surface area contributed by atoms with E-state index in [0.717, 1.165) is 17.6 Å². The fourth-order valence-corrected chi connectivity index (χ4v) is 2.44. The second kappa shape index (κ2) is 5.69. The van der Waals surface area contributed by atoms with E-state index in [1.54, 1.807) is 14.2 Å². The number of fused-ring (bicyclic) bond motifs is 1. The van der Waals surface area contributed by atoms with E-state index in [0.29, 0.717) is 16.3 Å². The lowest BCUT2D eigenvalue weighted by Crippen LogP contribution is -2.42. The largest absolute Gasteiger partial charge is 0.493 e. The zero-order valence-corrected chi connectivity index (χ0v) is 14.3. The van der Waals surface area contributed by atoms with Crippen molar-refractivity contribution in [3.63, 3.8) is 0 Å². The molecule has 0 amide bonds. The predicted octanol–water partition coefficient (Wildman–Crippen LogP) is 3.06. The summed E-state index contributed by atoms with van der Waals surface area (Å²) in [5.74, 6) is 1.40. The lowest BCUT2D eigenvalue weighted by molar-refractivity contribution is 0.170. The maximum atomic E-state index is 5.47. The van der Waals surface area contributed by atoms with Crippen LogP contribution in [0.25, 0.3) is 11.0 Å². The third-order valence-corrected chi connectivity index (χ3v) is 4.36. The Kier molecular flexibility index (Phi) is 4.30. The number of aromatic amines is 1. The van der Waals surface area contributed by atoms with Crippen molar-refractivity contribution in [2.75, 3.05) is 28.3 Å². The Morgan fingerprint density at radius 1 is 1.19 bits per heavy atom. The van der Waals surface area contributed by atoms with Crippen LogP contribution in [0.3, 0.4) is 0 Å². The molecule has 2 aromatic rings. The minimum atomic E-state index is -0.0134. The molecule has 0 atom stereocenters. The van der Waals surface area contributed by atoms with Crippen LogP contribution in [-0.2, 0) is 6.54 Å². The van der Waals surface area contributed by atoms with Crippen molar-refractivity contribution < 1.29 is 9.47 Å². The minimum Gasteiger partial charge on any atom is -0.493 e. The molecule has 5 nitrogen and oxygen atoms in total. The first-order chi connectivity index (χ1) is 9.80. The Hall–Kier alpha value is -1.53. The zero-order chi connectivity index (χ0) is 15.8. The molecule has 1 aromatic carbocycles. The van der Waals surface area contributed by atoms with Crippen LogP contribution in [0.2, 0.25) is 0 Å². The van der Waals surface area contributed by atoms with Gasteiger partial charge in [-0.25, -0.2) is 0 Å². The van der Waals surface area contributed by atoms with Gasteiger partial charge in [-0.15, -0.1) is 0 Å². The minimum absolute atomic E-state index is 0.0134. The number of methoxy groups -OCH3 is 2. The third-order valence-electron chi connectivity index (χ3n) is 4.04. The number of hydrogen-bond donors (Lipinski definition) is 1. The molecule has 0 fully saturated rings. The van der Waals surface area contributed by atoms with E-state index in [2.05, 4.69) is 42.4 Å². The van der Waals surface area contributed by atoms with Crippen molar-refractivity contribution in [1.82, 2.24) is 14.5 Å². The van der Waals surface area contributed by atoms with Crippen LogP contribution >= 0.6 is 12.2 Å². The summed E-state index contributed by atoms with van der Waals surface area (Å²) in [6.07, 6.45) is 0. The molecule has 0 radical (unpaired) electrons. The third kappa shape index (κ3) is 2.91. The van der Waals surface area contributed by atoms with Gasteiger partial charge in [-0.05, 0) is 40.2 Å². The first kappa shape index (κ1) is 15.9. The van der Waals surface area contributed by atoms with Crippen LogP contribution in [0.1, 0.15) is 13.8 Å². The molecule has 116 valence electrons. The van der Waals surface area contributed by atoms with Crippen molar-refractivity contribution >= 4 is 23.3 Å². The van der Waals surface area contributed by atoms with Crippen LogP contribution in [0, 0.1) is 4.77 Å². The summed E-state index contributed by atoms with van der Waals surface area (Å²) in [5, 5.41) is 0. The van der Waals surface area contributed by atoms with Crippen LogP contribution in [0.15, 0.2) is 12.1 Å². The van der Waals surface area contributed by atoms with Gasteiger partial charge in [0.2, 0.25) is 0 Å². The SMILES string of the molecule is COc1cc2[nH]c(=S)n(CC(C)(C)N(C)C)c2cc1OC. The highest BCUT2D eigenvalue weighted by Gasteiger charge is 2.23. The summed E-state index contributed by atoms with van der Waals surface area (Å²) in [7, 11) is 7.41. The molecule has 1 heterocycles.